The summed E-state index contributed by atoms with van der Waals surface area (Å²) < 4.78 is 11.0. The number of anilines is 1. The summed E-state index contributed by atoms with van der Waals surface area (Å²) in [6, 6.07) is 7.24. The number of halogens is 1. The Morgan fingerprint density at radius 1 is 1.21 bits per heavy atom. The second kappa shape index (κ2) is 6.24. The highest BCUT2D eigenvalue weighted by Gasteiger charge is 2.07. The van der Waals surface area contributed by atoms with Gasteiger partial charge in [0, 0.05) is 7.05 Å². The van der Waals surface area contributed by atoms with Crippen LogP contribution >= 0.6 is 11.6 Å². The molecule has 1 aromatic heterocycles. The Kier molecular flexibility index (Phi) is 4.41. The third-order valence-electron chi connectivity index (χ3n) is 2.28. The molecule has 2 aromatic rings. The highest BCUT2D eigenvalue weighted by molar-refractivity contribution is 6.31. The second-order valence-electron chi connectivity index (χ2n) is 3.60. The van der Waals surface area contributed by atoms with Crippen molar-refractivity contribution in [1.82, 2.24) is 9.97 Å². The van der Waals surface area contributed by atoms with Crippen LogP contribution in [0.1, 0.15) is 6.92 Å². The van der Waals surface area contributed by atoms with Crippen molar-refractivity contribution >= 4 is 17.5 Å². The lowest BCUT2D eigenvalue weighted by molar-refractivity contribution is 0.339. The van der Waals surface area contributed by atoms with Crippen LogP contribution in [0.2, 0.25) is 5.02 Å². The first-order valence-corrected chi connectivity index (χ1v) is 6.21. The molecule has 5 nitrogen and oxygen atoms in total. The van der Waals surface area contributed by atoms with Gasteiger partial charge in [-0.3, -0.25) is 0 Å². The van der Waals surface area contributed by atoms with Gasteiger partial charge in [0.1, 0.15) is 16.5 Å². The molecule has 0 saturated carbocycles. The van der Waals surface area contributed by atoms with Gasteiger partial charge in [0.15, 0.2) is 0 Å². The van der Waals surface area contributed by atoms with Crippen molar-refractivity contribution in [3.8, 4) is 17.4 Å². The Labute approximate surface area is 116 Å². The van der Waals surface area contributed by atoms with Crippen molar-refractivity contribution in [2.45, 2.75) is 6.92 Å². The van der Waals surface area contributed by atoms with E-state index in [0.29, 0.717) is 29.2 Å². The number of nitrogens with zero attached hydrogens (tertiary/aromatic N) is 2. The van der Waals surface area contributed by atoms with Crippen LogP contribution in [0, 0.1) is 0 Å². The third-order valence-corrected chi connectivity index (χ3v) is 2.54. The molecule has 0 bridgehead atoms. The Balaban J connectivity index is 2.16. The highest BCUT2D eigenvalue weighted by atomic mass is 35.5. The van der Waals surface area contributed by atoms with Gasteiger partial charge in [0.05, 0.1) is 12.8 Å². The van der Waals surface area contributed by atoms with Gasteiger partial charge in [-0.1, -0.05) is 11.6 Å². The first-order valence-electron chi connectivity index (χ1n) is 5.84. The van der Waals surface area contributed by atoms with E-state index in [1.165, 1.54) is 6.20 Å². The Morgan fingerprint density at radius 2 is 1.89 bits per heavy atom. The van der Waals surface area contributed by atoms with E-state index in [4.69, 9.17) is 21.1 Å². The summed E-state index contributed by atoms with van der Waals surface area (Å²) in [5.74, 6) is 2.18. The van der Waals surface area contributed by atoms with Crippen molar-refractivity contribution in [3.05, 3.63) is 35.5 Å². The Hall–Kier alpha value is -2.01. The molecule has 0 aliphatic rings. The molecule has 1 aromatic carbocycles. The van der Waals surface area contributed by atoms with Crippen LogP contribution in [0.5, 0.6) is 17.4 Å². The molecule has 100 valence electrons. The molecule has 19 heavy (non-hydrogen) atoms. The molecule has 0 amide bonds. The number of benzene rings is 1. The molecule has 0 radical (unpaired) electrons. The molecular formula is C13H14ClN3O2. The zero-order chi connectivity index (χ0) is 13.7. The molecule has 0 atom stereocenters. The lowest BCUT2D eigenvalue weighted by Gasteiger charge is -2.08. The molecule has 0 aliphatic carbocycles. The van der Waals surface area contributed by atoms with E-state index in [1.807, 2.05) is 19.1 Å². The number of ether oxygens (including phenoxy) is 2. The molecule has 0 spiro atoms. The molecule has 0 aliphatic heterocycles. The quantitative estimate of drug-likeness (QED) is 0.909. The van der Waals surface area contributed by atoms with E-state index >= 15 is 0 Å². The first kappa shape index (κ1) is 13.4. The standard InChI is InChI=1S/C13H14ClN3O2/c1-3-18-9-4-6-10(7-5-9)19-12-11(14)8-16-13(15-2)17-12/h4-8H,3H2,1-2H3,(H,15,16,17). The average Bonchev–Trinajstić information content (AvgIpc) is 2.44. The number of nitrogens with one attached hydrogen (secondary N) is 1. The SMILES string of the molecule is CCOc1ccc(Oc2nc(NC)ncc2Cl)cc1. The Morgan fingerprint density at radius 3 is 2.53 bits per heavy atom. The number of hydrogen-bond acceptors (Lipinski definition) is 5. The van der Waals surface area contributed by atoms with E-state index < -0.39 is 0 Å². The first-order chi connectivity index (χ1) is 9.22. The summed E-state index contributed by atoms with van der Waals surface area (Å²) in [5, 5.41) is 3.18. The molecule has 0 saturated heterocycles. The van der Waals surface area contributed by atoms with E-state index in [9.17, 15) is 0 Å². The van der Waals surface area contributed by atoms with Crippen LogP contribution in [0.25, 0.3) is 0 Å². The predicted molar refractivity (Wildman–Crippen MR) is 74.3 cm³/mol. The van der Waals surface area contributed by atoms with Gasteiger partial charge in [-0.25, -0.2) is 4.98 Å². The van der Waals surface area contributed by atoms with Gasteiger partial charge in [0.2, 0.25) is 11.8 Å². The van der Waals surface area contributed by atoms with E-state index in [-0.39, 0.29) is 0 Å². The minimum absolute atomic E-state index is 0.310. The summed E-state index contributed by atoms with van der Waals surface area (Å²) in [6.45, 7) is 2.56. The largest absolute Gasteiger partial charge is 0.494 e. The predicted octanol–water partition coefficient (Wildman–Crippen LogP) is 3.36. The summed E-state index contributed by atoms with van der Waals surface area (Å²) in [7, 11) is 1.73. The van der Waals surface area contributed by atoms with Crippen LogP contribution in [0.4, 0.5) is 5.95 Å². The lowest BCUT2D eigenvalue weighted by Crippen LogP contribution is -1.98. The molecule has 6 heteroatoms. The molecule has 0 fully saturated rings. The summed E-state index contributed by atoms with van der Waals surface area (Å²) in [6.07, 6.45) is 1.49. The van der Waals surface area contributed by atoms with Crippen molar-refractivity contribution in [2.75, 3.05) is 19.0 Å². The van der Waals surface area contributed by atoms with Gasteiger partial charge in [-0.2, -0.15) is 4.98 Å². The fourth-order valence-corrected chi connectivity index (χ4v) is 1.56. The fraction of sp³-hybridized carbons (Fsp3) is 0.231. The van der Waals surface area contributed by atoms with Gasteiger partial charge >= 0.3 is 0 Å². The van der Waals surface area contributed by atoms with Crippen molar-refractivity contribution < 1.29 is 9.47 Å². The van der Waals surface area contributed by atoms with Gasteiger partial charge in [-0.05, 0) is 31.2 Å². The van der Waals surface area contributed by atoms with E-state index in [0.717, 1.165) is 5.75 Å². The second-order valence-corrected chi connectivity index (χ2v) is 4.01. The number of hydrogen-bond donors (Lipinski definition) is 1. The number of rotatable bonds is 5. The van der Waals surface area contributed by atoms with Crippen LogP contribution < -0.4 is 14.8 Å². The minimum Gasteiger partial charge on any atom is -0.494 e. The van der Waals surface area contributed by atoms with Gasteiger partial charge in [0.25, 0.3) is 0 Å². The Bertz CT molecular complexity index is 546. The molecule has 2 rings (SSSR count). The van der Waals surface area contributed by atoms with Crippen LogP contribution in [-0.4, -0.2) is 23.6 Å². The van der Waals surface area contributed by atoms with Crippen molar-refractivity contribution in [3.63, 3.8) is 0 Å². The maximum Gasteiger partial charge on any atom is 0.243 e. The van der Waals surface area contributed by atoms with Crippen molar-refractivity contribution in [1.29, 1.82) is 0 Å². The zero-order valence-corrected chi connectivity index (χ0v) is 11.4. The van der Waals surface area contributed by atoms with Gasteiger partial charge in [-0.15, -0.1) is 0 Å². The van der Waals surface area contributed by atoms with Crippen LogP contribution in [0.15, 0.2) is 30.5 Å². The fourth-order valence-electron chi connectivity index (χ4n) is 1.43. The molecule has 0 unspecified atom stereocenters. The normalized spacial score (nSPS) is 10.1. The van der Waals surface area contributed by atoms with Gasteiger partial charge < -0.3 is 14.8 Å². The summed E-state index contributed by atoms with van der Waals surface area (Å²) in [4.78, 5) is 8.12. The maximum atomic E-state index is 5.98. The molecule has 1 heterocycles. The highest BCUT2D eigenvalue weighted by Crippen LogP contribution is 2.28. The minimum atomic E-state index is 0.310. The van der Waals surface area contributed by atoms with E-state index in [2.05, 4.69) is 15.3 Å². The van der Waals surface area contributed by atoms with Crippen LogP contribution in [0.3, 0.4) is 0 Å². The third kappa shape index (κ3) is 3.48. The lowest BCUT2D eigenvalue weighted by atomic mass is 10.3. The van der Waals surface area contributed by atoms with E-state index in [1.54, 1.807) is 19.2 Å². The molecular weight excluding hydrogens is 266 g/mol. The van der Waals surface area contributed by atoms with Crippen molar-refractivity contribution in [2.24, 2.45) is 0 Å². The molecule has 1 N–H and O–H groups in total. The number of aromatic nitrogens is 2. The smallest absolute Gasteiger partial charge is 0.243 e. The summed E-state index contributed by atoms with van der Waals surface area (Å²) >= 11 is 5.98. The average molecular weight is 280 g/mol. The zero-order valence-electron chi connectivity index (χ0n) is 10.7. The monoisotopic (exact) mass is 279 g/mol. The van der Waals surface area contributed by atoms with Crippen LogP contribution in [-0.2, 0) is 0 Å². The summed E-state index contributed by atoms with van der Waals surface area (Å²) in [5.41, 5.74) is 0. The maximum absolute atomic E-state index is 5.98. The topological polar surface area (TPSA) is 56.3 Å².